The third kappa shape index (κ3) is 3.85. The topological polar surface area (TPSA) is 38.3 Å². The van der Waals surface area contributed by atoms with Gasteiger partial charge in [-0.05, 0) is 36.2 Å². The predicted octanol–water partition coefficient (Wildman–Crippen LogP) is 4.34. The van der Waals surface area contributed by atoms with Crippen LogP contribution >= 0.6 is 15.9 Å². The number of para-hydroxylation sites is 1. The summed E-state index contributed by atoms with van der Waals surface area (Å²) >= 11 is 3.42. The fourth-order valence-electron chi connectivity index (χ4n) is 2.18. The van der Waals surface area contributed by atoms with Crippen LogP contribution in [0.25, 0.3) is 0 Å². The van der Waals surface area contributed by atoms with Crippen molar-refractivity contribution in [3.63, 3.8) is 0 Å². The van der Waals surface area contributed by atoms with Gasteiger partial charge in [-0.3, -0.25) is 4.79 Å². The molecule has 0 fully saturated rings. The Balaban J connectivity index is 2.18. The van der Waals surface area contributed by atoms with Gasteiger partial charge in [0.05, 0.1) is 18.7 Å². The third-order valence-corrected chi connectivity index (χ3v) is 3.87. The zero-order valence-corrected chi connectivity index (χ0v) is 13.7. The van der Waals surface area contributed by atoms with E-state index in [1.54, 1.807) is 19.2 Å². The fourth-order valence-corrected chi connectivity index (χ4v) is 2.45. The highest BCUT2D eigenvalue weighted by atomic mass is 79.9. The molecule has 3 nitrogen and oxygen atoms in total. The van der Waals surface area contributed by atoms with Crippen LogP contribution in [0.5, 0.6) is 5.75 Å². The molecule has 0 spiro atoms. The largest absolute Gasteiger partial charge is 0.496 e. The maximum atomic E-state index is 12.4. The molecule has 0 unspecified atom stereocenters. The molecular formula is C17H18BrNO2. The molecule has 1 amide bonds. The van der Waals surface area contributed by atoms with Crippen LogP contribution in [0.1, 0.15) is 35.3 Å². The average Bonchev–Trinajstić information content (AvgIpc) is 2.53. The van der Waals surface area contributed by atoms with Crippen LogP contribution in [0.2, 0.25) is 0 Å². The Kier molecular flexibility index (Phi) is 5.39. The lowest BCUT2D eigenvalue weighted by molar-refractivity contribution is 0.0932. The molecule has 0 aromatic heterocycles. The zero-order valence-electron chi connectivity index (χ0n) is 12.1. The van der Waals surface area contributed by atoms with Gasteiger partial charge in [-0.2, -0.15) is 0 Å². The number of hydrogen-bond donors (Lipinski definition) is 1. The number of carbonyl (C=O) groups is 1. The fraction of sp³-hybridized carbons (Fsp3) is 0.235. The quantitative estimate of drug-likeness (QED) is 0.873. The summed E-state index contributed by atoms with van der Waals surface area (Å²) in [6, 6.07) is 15.2. The number of halogens is 1. The van der Waals surface area contributed by atoms with Crippen molar-refractivity contribution in [3.8, 4) is 5.75 Å². The van der Waals surface area contributed by atoms with E-state index in [2.05, 4.69) is 28.2 Å². The van der Waals surface area contributed by atoms with E-state index in [9.17, 15) is 4.79 Å². The molecule has 2 aromatic carbocycles. The van der Waals surface area contributed by atoms with Gasteiger partial charge in [0.2, 0.25) is 0 Å². The van der Waals surface area contributed by atoms with Gasteiger partial charge in [0, 0.05) is 4.47 Å². The van der Waals surface area contributed by atoms with Crippen LogP contribution < -0.4 is 10.1 Å². The second-order valence-corrected chi connectivity index (χ2v) is 5.60. The number of carbonyl (C=O) groups excluding carboxylic acids is 1. The maximum absolute atomic E-state index is 12.4. The minimum atomic E-state index is -0.123. The summed E-state index contributed by atoms with van der Waals surface area (Å²) in [4.78, 5) is 12.4. The molecule has 0 saturated carbocycles. The van der Waals surface area contributed by atoms with Crippen LogP contribution in [0.3, 0.4) is 0 Å². The predicted molar refractivity (Wildman–Crippen MR) is 87.6 cm³/mol. The van der Waals surface area contributed by atoms with E-state index in [1.165, 1.54) is 0 Å². The van der Waals surface area contributed by atoms with E-state index in [-0.39, 0.29) is 11.9 Å². The molecule has 2 rings (SSSR count). The second-order valence-electron chi connectivity index (χ2n) is 4.69. The van der Waals surface area contributed by atoms with E-state index >= 15 is 0 Å². The average molecular weight is 348 g/mol. The first-order valence-corrected chi connectivity index (χ1v) is 7.64. The summed E-state index contributed by atoms with van der Waals surface area (Å²) < 4.78 is 6.26. The van der Waals surface area contributed by atoms with Crippen LogP contribution in [0.4, 0.5) is 0 Å². The Morgan fingerprint density at radius 2 is 1.86 bits per heavy atom. The minimum Gasteiger partial charge on any atom is -0.496 e. The van der Waals surface area contributed by atoms with E-state index in [0.29, 0.717) is 11.3 Å². The van der Waals surface area contributed by atoms with Gasteiger partial charge in [0.25, 0.3) is 5.91 Å². The molecule has 0 aliphatic rings. The molecule has 1 N–H and O–H groups in total. The Hall–Kier alpha value is -1.81. The number of amides is 1. The van der Waals surface area contributed by atoms with Gasteiger partial charge in [-0.15, -0.1) is 0 Å². The van der Waals surface area contributed by atoms with Crippen LogP contribution in [0, 0.1) is 0 Å². The number of methoxy groups -OCH3 is 1. The molecule has 0 saturated heterocycles. The minimum absolute atomic E-state index is 0.0180. The van der Waals surface area contributed by atoms with Gasteiger partial charge >= 0.3 is 0 Å². The SMILES string of the molecule is CC[C@@H](NC(=O)c1ccccc1OC)c1ccc(Br)cc1. The van der Waals surface area contributed by atoms with Crippen molar-refractivity contribution in [2.45, 2.75) is 19.4 Å². The highest BCUT2D eigenvalue weighted by molar-refractivity contribution is 9.10. The van der Waals surface area contributed by atoms with Crippen LogP contribution in [-0.2, 0) is 0 Å². The van der Waals surface area contributed by atoms with E-state index in [0.717, 1.165) is 16.5 Å². The molecule has 110 valence electrons. The molecule has 1 atom stereocenters. The van der Waals surface area contributed by atoms with Gasteiger partial charge in [0.1, 0.15) is 5.75 Å². The molecule has 0 heterocycles. The summed E-state index contributed by atoms with van der Waals surface area (Å²) in [7, 11) is 1.57. The number of hydrogen-bond acceptors (Lipinski definition) is 2. The van der Waals surface area contributed by atoms with E-state index < -0.39 is 0 Å². The van der Waals surface area contributed by atoms with Gasteiger partial charge in [-0.1, -0.05) is 47.1 Å². The first kappa shape index (κ1) is 15.6. The van der Waals surface area contributed by atoms with Gasteiger partial charge in [0.15, 0.2) is 0 Å². The maximum Gasteiger partial charge on any atom is 0.255 e. The third-order valence-electron chi connectivity index (χ3n) is 3.34. The molecule has 0 aliphatic carbocycles. The summed E-state index contributed by atoms with van der Waals surface area (Å²) in [5, 5.41) is 3.06. The Labute approximate surface area is 133 Å². The molecule has 4 heteroatoms. The molecule has 21 heavy (non-hydrogen) atoms. The molecule has 2 aromatic rings. The van der Waals surface area contributed by atoms with Gasteiger partial charge in [-0.25, -0.2) is 0 Å². The number of benzene rings is 2. The Bertz CT molecular complexity index is 610. The highest BCUT2D eigenvalue weighted by Gasteiger charge is 2.16. The molecule has 0 radical (unpaired) electrons. The molecule has 0 aliphatic heterocycles. The first-order chi connectivity index (χ1) is 10.2. The van der Waals surface area contributed by atoms with Crippen LogP contribution in [0.15, 0.2) is 53.0 Å². The zero-order chi connectivity index (χ0) is 15.2. The standard InChI is InChI=1S/C17H18BrNO2/c1-3-15(12-8-10-13(18)11-9-12)19-17(20)14-6-4-5-7-16(14)21-2/h4-11,15H,3H2,1-2H3,(H,19,20)/t15-/m1/s1. The van der Waals surface area contributed by atoms with Crippen molar-refractivity contribution in [1.29, 1.82) is 0 Å². The van der Waals surface area contributed by atoms with Crippen molar-refractivity contribution >= 4 is 21.8 Å². The smallest absolute Gasteiger partial charge is 0.255 e. The summed E-state index contributed by atoms with van der Waals surface area (Å²) in [6.45, 7) is 2.05. The van der Waals surface area contributed by atoms with Crippen molar-refractivity contribution in [2.24, 2.45) is 0 Å². The van der Waals surface area contributed by atoms with E-state index in [1.807, 2.05) is 36.4 Å². The monoisotopic (exact) mass is 347 g/mol. The first-order valence-electron chi connectivity index (χ1n) is 6.85. The molecule has 0 bridgehead atoms. The van der Waals surface area contributed by atoms with Gasteiger partial charge < -0.3 is 10.1 Å². The lowest BCUT2D eigenvalue weighted by Crippen LogP contribution is -2.28. The highest BCUT2D eigenvalue weighted by Crippen LogP contribution is 2.22. The summed E-state index contributed by atoms with van der Waals surface area (Å²) in [5.74, 6) is 0.461. The summed E-state index contributed by atoms with van der Waals surface area (Å²) in [5.41, 5.74) is 1.64. The summed E-state index contributed by atoms with van der Waals surface area (Å²) in [6.07, 6.45) is 0.822. The second kappa shape index (κ2) is 7.27. The van der Waals surface area contributed by atoms with Crippen molar-refractivity contribution in [2.75, 3.05) is 7.11 Å². The van der Waals surface area contributed by atoms with Crippen LogP contribution in [-0.4, -0.2) is 13.0 Å². The van der Waals surface area contributed by atoms with Crippen molar-refractivity contribution in [3.05, 3.63) is 64.1 Å². The Morgan fingerprint density at radius 3 is 2.48 bits per heavy atom. The van der Waals surface area contributed by atoms with E-state index in [4.69, 9.17) is 4.74 Å². The lowest BCUT2D eigenvalue weighted by Gasteiger charge is -2.18. The molecular weight excluding hydrogens is 330 g/mol. The normalized spacial score (nSPS) is 11.8. The van der Waals surface area contributed by atoms with Crippen molar-refractivity contribution < 1.29 is 9.53 Å². The number of nitrogens with one attached hydrogen (secondary N) is 1. The Morgan fingerprint density at radius 1 is 1.19 bits per heavy atom. The number of ether oxygens (including phenoxy) is 1. The van der Waals surface area contributed by atoms with Crippen molar-refractivity contribution in [1.82, 2.24) is 5.32 Å². The lowest BCUT2D eigenvalue weighted by atomic mass is 10.0. The number of rotatable bonds is 5.